The van der Waals surface area contributed by atoms with E-state index in [1.54, 1.807) is 6.92 Å². The minimum absolute atomic E-state index is 0.199. The number of aromatic carboxylic acids is 1. The maximum Gasteiger partial charge on any atom is 0.339 e. The number of hydrogen-bond donors (Lipinski definition) is 4. The lowest BCUT2D eigenvalue weighted by Crippen LogP contribution is -2.40. The highest BCUT2D eigenvalue weighted by atomic mass is 32.2. The van der Waals surface area contributed by atoms with Crippen molar-refractivity contribution in [2.24, 2.45) is 0 Å². The molecule has 4 N–H and O–H groups in total. The first kappa shape index (κ1) is 16.4. The number of carbonyl (C=O) groups is 1. The SMILES string of the molecule is CCC(C)(O)CNS(=O)(=O)c1ccc(O)c(C(=O)O)c1. The van der Waals surface area contributed by atoms with Crippen LogP contribution in [0.3, 0.4) is 0 Å². The molecule has 0 saturated heterocycles. The van der Waals surface area contributed by atoms with Gasteiger partial charge < -0.3 is 15.3 Å². The van der Waals surface area contributed by atoms with Crippen LogP contribution in [0.1, 0.15) is 30.6 Å². The molecule has 0 radical (unpaired) electrons. The smallest absolute Gasteiger partial charge is 0.339 e. The minimum Gasteiger partial charge on any atom is -0.507 e. The standard InChI is InChI=1S/C12H17NO6S/c1-3-12(2,17)7-13-20(18,19)8-4-5-10(14)9(6-8)11(15)16/h4-6,13-14,17H,3,7H2,1-2H3,(H,15,16). The Morgan fingerprint density at radius 2 is 2.00 bits per heavy atom. The van der Waals surface area contributed by atoms with Crippen LogP contribution in [0.4, 0.5) is 0 Å². The van der Waals surface area contributed by atoms with Crippen LogP contribution < -0.4 is 4.72 Å². The molecule has 7 nitrogen and oxygen atoms in total. The highest BCUT2D eigenvalue weighted by molar-refractivity contribution is 7.89. The van der Waals surface area contributed by atoms with Gasteiger partial charge in [-0.2, -0.15) is 0 Å². The van der Waals surface area contributed by atoms with Gasteiger partial charge in [-0.1, -0.05) is 6.92 Å². The lowest BCUT2D eigenvalue weighted by molar-refractivity contribution is 0.0612. The van der Waals surface area contributed by atoms with E-state index in [0.717, 1.165) is 18.2 Å². The monoisotopic (exact) mass is 303 g/mol. The van der Waals surface area contributed by atoms with Crippen LogP contribution in [0.2, 0.25) is 0 Å². The molecule has 0 heterocycles. The van der Waals surface area contributed by atoms with E-state index in [4.69, 9.17) is 5.11 Å². The molecule has 0 amide bonds. The van der Waals surface area contributed by atoms with Crippen LogP contribution in [0.15, 0.2) is 23.1 Å². The Bertz CT molecular complexity index is 608. The van der Waals surface area contributed by atoms with Crippen molar-refractivity contribution >= 4 is 16.0 Å². The molecule has 0 fully saturated rings. The van der Waals surface area contributed by atoms with Gasteiger partial charge in [0.1, 0.15) is 11.3 Å². The molecular formula is C12H17NO6S. The molecule has 0 aliphatic carbocycles. The van der Waals surface area contributed by atoms with E-state index in [9.17, 15) is 23.4 Å². The van der Waals surface area contributed by atoms with Gasteiger partial charge in [-0.25, -0.2) is 17.9 Å². The average Bonchev–Trinajstić information content (AvgIpc) is 2.36. The van der Waals surface area contributed by atoms with E-state index in [2.05, 4.69) is 4.72 Å². The Morgan fingerprint density at radius 1 is 1.40 bits per heavy atom. The summed E-state index contributed by atoms with van der Waals surface area (Å²) in [4.78, 5) is 10.6. The molecule has 20 heavy (non-hydrogen) atoms. The highest BCUT2D eigenvalue weighted by Crippen LogP contribution is 2.21. The molecule has 0 aromatic heterocycles. The van der Waals surface area contributed by atoms with Gasteiger partial charge in [-0.15, -0.1) is 0 Å². The maximum absolute atomic E-state index is 12.0. The topological polar surface area (TPSA) is 124 Å². The zero-order chi connectivity index (χ0) is 15.6. The van der Waals surface area contributed by atoms with Gasteiger partial charge in [0.2, 0.25) is 10.0 Å². The first-order valence-electron chi connectivity index (χ1n) is 5.87. The number of rotatable bonds is 6. The van der Waals surface area contributed by atoms with Crippen molar-refractivity contribution in [3.05, 3.63) is 23.8 Å². The van der Waals surface area contributed by atoms with Gasteiger partial charge in [-0.3, -0.25) is 0 Å². The summed E-state index contributed by atoms with van der Waals surface area (Å²) < 4.78 is 26.2. The van der Waals surface area contributed by atoms with Crippen LogP contribution in [0.5, 0.6) is 5.75 Å². The molecule has 1 aromatic rings. The maximum atomic E-state index is 12.0. The molecular weight excluding hydrogens is 286 g/mol. The third-order valence-electron chi connectivity index (χ3n) is 2.91. The van der Waals surface area contributed by atoms with Gasteiger partial charge in [0.05, 0.1) is 10.5 Å². The highest BCUT2D eigenvalue weighted by Gasteiger charge is 2.23. The molecule has 1 atom stereocenters. The van der Waals surface area contributed by atoms with Crippen LogP contribution in [-0.2, 0) is 10.0 Å². The summed E-state index contributed by atoms with van der Waals surface area (Å²) in [6.07, 6.45) is 0.353. The van der Waals surface area contributed by atoms with Gasteiger partial charge in [0, 0.05) is 6.54 Å². The van der Waals surface area contributed by atoms with E-state index in [1.165, 1.54) is 6.92 Å². The summed E-state index contributed by atoms with van der Waals surface area (Å²) in [5, 5.41) is 27.9. The molecule has 0 aliphatic rings. The average molecular weight is 303 g/mol. The number of aromatic hydroxyl groups is 1. The van der Waals surface area contributed by atoms with Gasteiger partial charge in [0.15, 0.2) is 0 Å². The van der Waals surface area contributed by atoms with E-state index in [-0.39, 0.29) is 11.4 Å². The Hall–Kier alpha value is -1.64. The Morgan fingerprint density at radius 3 is 2.50 bits per heavy atom. The fraction of sp³-hybridized carbons (Fsp3) is 0.417. The zero-order valence-electron chi connectivity index (χ0n) is 11.1. The lowest BCUT2D eigenvalue weighted by atomic mass is 10.1. The van der Waals surface area contributed by atoms with Crippen molar-refractivity contribution in [1.29, 1.82) is 0 Å². The normalized spacial score (nSPS) is 14.8. The van der Waals surface area contributed by atoms with Crippen molar-refractivity contribution in [2.45, 2.75) is 30.8 Å². The Kier molecular flexibility index (Phi) is 4.74. The molecule has 0 aliphatic heterocycles. The van der Waals surface area contributed by atoms with Gasteiger partial charge >= 0.3 is 5.97 Å². The number of sulfonamides is 1. The fourth-order valence-electron chi connectivity index (χ4n) is 1.31. The van der Waals surface area contributed by atoms with Crippen LogP contribution in [0.25, 0.3) is 0 Å². The van der Waals surface area contributed by atoms with Crippen molar-refractivity contribution in [3.8, 4) is 5.75 Å². The molecule has 112 valence electrons. The quantitative estimate of drug-likeness (QED) is 0.607. The number of hydrogen-bond acceptors (Lipinski definition) is 5. The second-order valence-corrected chi connectivity index (χ2v) is 6.43. The summed E-state index contributed by atoms with van der Waals surface area (Å²) >= 11 is 0. The molecule has 1 aromatic carbocycles. The molecule has 1 unspecified atom stereocenters. The van der Waals surface area contributed by atoms with Crippen LogP contribution in [-0.4, -0.2) is 41.9 Å². The molecule has 8 heteroatoms. The second kappa shape index (κ2) is 5.78. The molecule has 1 rings (SSSR count). The Labute approximate surface area is 116 Å². The van der Waals surface area contributed by atoms with Crippen LogP contribution in [0, 0.1) is 0 Å². The summed E-state index contributed by atoms with van der Waals surface area (Å²) in [7, 11) is -3.96. The predicted octanol–water partition coefficient (Wildman–Crippen LogP) is 0.530. The number of benzene rings is 1. The third kappa shape index (κ3) is 3.92. The number of carboxylic acid groups (broad SMARTS) is 1. The van der Waals surface area contributed by atoms with Gasteiger partial charge in [-0.05, 0) is 31.5 Å². The number of carboxylic acids is 1. The van der Waals surface area contributed by atoms with E-state index < -0.39 is 32.9 Å². The van der Waals surface area contributed by atoms with Crippen LogP contribution >= 0.6 is 0 Å². The second-order valence-electron chi connectivity index (χ2n) is 4.66. The fourth-order valence-corrected chi connectivity index (χ4v) is 2.50. The third-order valence-corrected chi connectivity index (χ3v) is 4.31. The van der Waals surface area contributed by atoms with E-state index >= 15 is 0 Å². The predicted molar refractivity (Wildman–Crippen MR) is 71.2 cm³/mol. The van der Waals surface area contributed by atoms with Crippen molar-refractivity contribution < 1.29 is 28.5 Å². The zero-order valence-corrected chi connectivity index (χ0v) is 11.9. The van der Waals surface area contributed by atoms with E-state index in [0.29, 0.717) is 6.42 Å². The lowest BCUT2D eigenvalue weighted by Gasteiger charge is -2.21. The molecule has 0 spiro atoms. The first-order valence-corrected chi connectivity index (χ1v) is 7.36. The van der Waals surface area contributed by atoms with Crippen molar-refractivity contribution in [2.75, 3.05) is 6.54 Å². The van der Waals surface area contributed by atoms with Crippen molar-refractivity contribution in [3.63, 3.8) is 0 Å². The molecule has 0 bridgehead atoms. The minimum atomic E-state index is -3.96. The molecule has 0 saturated carbocycles. The summed E-state index contributed by atoms with van der Waals surface area (Å²) in [5.41, 5.74) is -1.70. The van der Waals surface area contributed by atoms with Crippen molar-refractivity contribution in [1.82, 2.24) is 4.72 Å². The Balaban J connectivity index is 3.05. The summed E-state index contributed by atoms with van der Waals surface area (Å²) in [6.45, 7) is 2.99. The summed E-state index contributed by atoms with van der Waals surface area (Å²) in [6, 6.07) is 2.95. The number of aliphatic hydroxyl groups is 1. The first-order chi connectivity index (χ1) is 9.09. The summed E-state index contributed by atoms with van der Waals surface area (Å²) in [5.74, 6) is -1.95. The number of nitrogens with one attached hydrogen (secondary N) is 1. The number of phenols is 1. The van der Waals surface area contributed by atoms with Gasteiger partial charge in [0.25, 0.3) is 0 Å². The largest absolute Gasteiger partial charge is 0.507 e. The van der Waals surface area contributed by atoms with E-state index in [1.807, 2.05) is 0 Å².